The van der Waals surface area contributed by atoms with Crippen LogP contribution >= 0.6 is 11.6 Å². The number of ketones is 1. The summed E-state index contributed by atoms with van der Waals surface area (Å²) in [5.74, 6) is -2.70. The van der Waals surface area contributed by atoms with E-state index in [0.29, 0.717) is 41.5 Å². The lowest BCUT2D eigenvalue weighted by Gasteiger charge is -2.65. The van der Waals surface area contributed by atoms with Gasteiger partial charge in [0.05, 0.1) is 11.1 Å². The van der Waals surface area contributed by atoms with Crippen molar-refractivity contribution in [1.29, 1.82) is 0 Å². The van der Waals surface area contributed by atoms with Crippen molar-refractivity contribution in [2.75, 3.05) is 17.2 Å². The molecule has 5 aliphatic rings. The Morgan fingerprint density at radius 1 is 1.23 bits per heavy atom. The summed E-state index contributed by atoms with van der Waals surface area (Å²) < 4.78 is 20.8. The van der Waals surface area contributed by atoms with Crippen LogP contribution in [0.5, 0.6) is 0 Å². The quantitative estimate of drug-likeness (QED) is 0.306. The van der Waals surface area contributed by atoms with Crippen molar-refractivity contribution < 1.29 is 28.3 Å². The number of fused-ring (bicyclic) bond motifs is 1. The van der Waals surface area contributed by atoms with E-state index in [0.717, 1.165) is 24.8 Å². The molecule has 0 radical (unpaired) electrons. The molecule has 11 heteroatoms. The largest absolute Gasteiger partial charge is 0.456 e. The number of hydrogen-bond donors (Lipinski definition) is 1. The van der Waals surface area contributed by atoms with Gasteiger partial charge in [0.2, 0.25) is 17.6 Å². The topological polar surface area (TPSA) is 123 Å². The number of halogens is 2. The van der Waals surface area contributed by atoms with Crippen LogP contribution in [0, 0.1) is 11.7 Å². The average molecular weight is 567 g/mol. The Hall–Kier alpha value is -3.79. The number of anilines is 2. The molecule has 3 saturated carbocycles. The van der Waals surface area contributed by atoms with E-state index in [1.54, 1.807) is 18.2 Å². The maximum Gasteiger partial charge on any atom is 0.329 e. The molecule has 9 nitrogen and oxygen atoms in total. The summed E-state index contributed by atoms with van der Waals surface area (Å²) in [6.45, 7) is 0.659. The first-order valence-corrected chi connectivity index (χ1v) is 13.7. The molecule has 2 atom stereocenters. The van der Waals surface area contributed by atoms with E-state index in [-0.39, 0.29) is 29.2 Å². The Bertz CT molecular complexity index is 1480. The Balaban J connectivity index is 1.13. The number of nitrogen functional groups attached to an aromatic ring is 1. The molecule has 208 valence electrons. The summed E-state index contributed by atoms with van der Waals surface area (Å²) >= 11 is 6.12. The van der Waals surface area contributed by atoms with Crippen molar-refractivity contribution in [2.45, 2.75) is 63.1 Å². The van der Waals surface area contributed by atoms with E-state index in [9.17, 15) is 19.2 Å². The molecule has 3 aliphatic carbocycles. The molecule has 1 saturated heterocycles. The first-order chi connectivity index (χ1) is 19.1. The monoisotopic (exact) mass is 566 g/mol. The van der Waals surface area contributed by atoms with Crippen LogP contribution in [0.2, 0.25) is 5.02 Å². The molecule has 3 heterocycles. The van der Waals surface area contributed by atoms with Crippen LogP contribution in [-0.4, -0.2) is 57.7 Å². The van der Waals surface area contributed by atoms with Gasteiger partial charge in [-0.25, -0.2) is 14.2 Å². The normalized spacial score (nSPS) is 26.3. The molecule has 40 heavy (non-hydrogen) atoms. The van der Waals surface area contributed by atoms with Crippen molar-refractivity contribution in [3.63, 3.8) is 0 Å². The Morgan fingerprint density at radius 2 is 1.98 bits per heavy atom. The van der Waals surface area contributed by atoms with Crippen LogP contribution in [0.3, 0.4) is 0 Å². The Labute approximate surface area is 235 Å². The SMILES string of the molecule is CC(=O)N(c1nccc(C(=O)COC(=O)[C@@H]2CC[C@@H]3CC(c4cc(Cl)ccc4N)=CC(=O)N32)c1F)C12CC(C1)C2. The average Bonchev–Trinajstić information content (AvgIpc) is 3.30. The van der Waals surface area contributed by atoms with Crippen molar-refractivity contribution in [2.24, 2.45) is 5.92 Å². The predicted octanol–water partition coefficient (Wildman–Crippen LogP) is 3.93. The van der Waals surface area contributed by atoms with Gasteiger partial charge in [-0.1, -0.05) is 11.6 Å². The second kappa shape index (κ2) is 9.69. The number of carbonyl (C=O) groups is 4. The first kappa shape index (κ1) is 26.4. The smallest absolute Gasteiger partial charge is 0.329 e. The summed E-state index contributed by atoms with van der Waals surface area (Å²) in [6.07, 6.45) is 6.57. The minimum absolute atomic E-state index is 0.177. The van der Waals surface area contributed by atoms with Crippen LogP contribution in [0.25, 0.3) is 5.57 Å². The lowest BCUT2D eigenvalue weighted by atomic mass is 9.49. The predicted molar refractivity (Wildman–Crippen MR) is 145 cm³/mol. The number of amides is 2. The van der Waals surface area contributed by atoms with Gasteiger partial charge >= 0.3 is 5.97 Å². The van der Waals surface area contributed by atoms with E-state index in [4.69, 9.17) is 22.1 Å². The maximum atomic E-state index is 15.5. The molecule has 2 aromatic rings. The maximum absolute atomic E-state index is 15.5. The zero-order valence-electron chi connectivity index (χ0n) is 21.9. The third kappa shape index (κ3) is 4.25. The molecular formula is C29H28ClFN4O5. The highest BCUT2D eigenvalue weighted by molar-refractivity contribution is 6.31. The number of hydrogen-bond acceptors (Lipinski definition) is 7. The highest BCUT2D eigenvalue weighted by Crippen LogP contribution is 2.61. The summed E-state index contributed by atoms with van der Waals surface area (Å²) in [7, 11) is 0. The van der Waals surface area contributed by atoms with E-state index < -0.39 is 35.8 Å². The van der Waals surface area contributed by atoms with Crippen molar-refractivity contribution in [1.82, 2.24) is 9.88 Å². The molecule has 4 fully saturated rings. The standard InChI is InChI=1S/C29H28ClFN4O5/c1-15(36)35(29-11-16(12-29)13-29)27-26(31)20(6-7-33-27)24(37)14-40-28(39)23-5-3-19-8-17(9-25(38)34(19)23)21-10-18(30)2-4-22(21)32/h2,4,6-7,9-10,16,19,23H,3,5,8,11-14,32H2,1H3/t16?,19-,23+,29?/m1/s1. The number of nitrogens with zero attached hydrogens (tertiary/aromatic N) is 3. The number of esters is 1. The minimum Gasteiger partial charge on any atom is -0.456 e. The van der Waals surface area contributed by atoms with Gasteiger partial charge in [0, 0.05) is 41.5 Å². The molecule has 0 spiro atoms. The second-order valence-corrected chi connectivity index (χ2v) is 11.6. The molecule has 7 rings (SSSR count). The highest BCUT2D eigenvalue weighted by atomic mass is 35.5. The van der Waals surface area contributed by atoms with Gasteiger partial charge in [0.25, 0.3) is 0 Å². The van der Waals surface area contributed by atoms with E-state index in [1.807, 2.05) is 0 Å². The van der Waals surface area contributed by atoms with Gasteiger partial charge in [0.15, 0.2) is 18.2 Å². The number of aromatic nitrogens is 1. The Kier molecular flexibility index (Phi) is 6.40. The molecule has 2 amide bonds. The van der Waals surface area contributed by atoms with Crippen molar-refractivity contribution >= 4 is 52.2 Å². The molecule has 1 aromatic carbocycles. The zero-order valence-corrected chi connectivity index (χ0v) is 22.6. The Morgan fingerprint density at radius 3 is 2.65 bits per heavy atom. The number of pyridine rings is 1. The van der Waals surface area contributed by atoms with Gasteiger partial charge in [-0.05, 0) is 74.3 Å². The van der Waals surface area contributed by atoms with Crippen molar-refractivity contribution in [3.8, 4) is 0 Å². The molecule has 2 bridgehead atoms. The van der Waals surface area contributed by atoms with E-state index in [2.05, 4.69) is 4.98 Å². The lowest BCUT2D eigenvalue weighted by molar-refractivity contribution is -0.152. The summed E-state index contributed by atoms with van der Waals surface area (Å²) in [5, 5.41) is 0.503. The molecule has 0 unspecified atom stereocenters. The number of Topliss-reactive ketones (excluding diaryl/α,β-unsaturated/α-hetero) is 1. The summed E-state index contributed by atoms with van der Waals surface area (Å²) in [6, 6.07) is 5.21. The van der Waals surface area contributed by atoms with Crippen LogP contribution in [-0.2, 0) is 19.1 Å². The fraction of sp³-hybridized carbons (Fsp3) is 0.414. The van der Waals surface area contributed by atoms with Gasteiger partial charge in [0.1, 0.15) is 6.04 Å². The van der Waals surface area contributed by atoms with Crippen LogP contribution in [0.15, 0.2) is 36.5 Å². The number of carbonyl (C=O) groups excluding carboxylic acids is 4. The summed E-state index contributed by atoms with van der Waals surface area (Å²) in [5.41, 5.74) is 7.31. The van der Waals surface area contributed by atoms with Crippen LogP contribution < -0.4 is 10.6 Å². The zero-order chi connectivity index (χ0) is 28.3. The number of ether oxygens (including phenoxy) is 1. The van der Waals surface area contributed by atoms with E-state index in [1.165, 1.54) is 35.1 Å². The minimum atomic E-state index is -0.909. The molecule has 1 aromatic heterocycles. The van der Waals surface area contributed by atoms with Crippen LogP contribution in [0.1, 0.15) is 61.4 Å². The van der Waals surface area contributed by atoms with Crippen LogP contribution in [0.4, 0.5) is 15.9 Å². The van der Waals surface area contributed by atoms with Crippen molar-refractivity contribution in [3.05, 3.63) is 58.5 Å². The van der Waals surface area contributed by atoms with Gasteiger partial charge in [-0.3, -0.25) is 19.3 Å². The fourth-order valence-corrected chi connectivity index (χ4v) is 6.88. The number of nitrogens with two attached hydrogens (primary N) is 1. The lowest BCUT2D eigenvalue weighted by Crippen LogP contribution is -2.70. The van der Waals surface area contributed by atoms with Gasteiger partial charge in [-0.15, -0.1) is 0 Å². The van der Waals surface area contributed by atoms with Gasteiger partial charge in [-0.2, -0.15) is 0 Å². The number of rotatable bonds is 7. The third-order valence-electron chi connectivity index (χ3n) is 8.67. The fourth-order valence-electron chi connectivity index (χ4n) is 6.71. The second-order valence-electron chi connectivity index (χ2n) is 11.2. The number of benzene rings is 1. The summed E-state index contributed by atoms with van der Waals surface area (Å²) in [4.78, 5) is 58.3. The molecule has 2 aliphatic heterocycles. The first-order valence-electron chi connectivity index (χ1n) is 13.3. The highest BCUT2D eigenvalue weighted by Gasteiger charge is 2.62. The van der Waals surface area contributed by atoms with E-state index >= 15 is 4.39 Å². The third-order valence-corrected chi connectivity index (χ3v) is 8.90. The van der Waals surface area contributed by atoms with Gasteiger partial charge < -0.3 is 15.4 Å². The molecule has 2 N–H and O–H groups in total. The molecular weight excluding hydrogens is 539 g/mol.